The van der Waals surface area contributed by atoms with Gasteiger partial charge in [0.25, 0.3) is 5.91 Å². The molecule has 0 bridgehead atoms. The molecular weight excluding hydrogens is 372 g/mol. The van der Waals surface area contributed by atoms with Gasteiger partial charge in [0.05, 0.1) is 19.8 Å². The molecule has 134 valence electrons. The molecule has 1 heterocycles. The number of hydrogen-bond acceptors (Lipinski definition) is 5. The Bertz CT molecular complexity index is 927. The predicted molar refractivity (Wildman–Crippen MR) is 104 cm³/mol. The van der Waals surface area contributed by atoms with Crippen molar-refractivity contribution in [1.82, 2.24) is 4.98 Å². The number of carbonyl (C=O) groups is 1. The van der Waals surface area contributed by atoms with Gasteiger partial charge in [0.1, 0.15) is 11.5 Å². The quantitative estimate of drug-likeness (QED) is 0.667. The van der Waals surface area contributed by atoms with Gasteiger partial charge < -0.3 is 9.47 Å². The number of rotatable bonds is 6. The number of carbonyl (C=O) groups excluding carboxylic acids is 1. The zero-order chi connectivity index (χ0) is 18.5. The van der Waals surface area contributed by atoms with E-state index in [1.165, 1.54) is 18.4 Å². The highest BCUT2D eigenvalue weighted by molar-refractivity contribution is 7.15. The summed E-state index contributed by atoms with van der Waals surface area (Å²) >= 11 is 7.61. The van der Waals surface area contributed by atoms with Gasteiger partial charge in [0.15, 0.2) is 5.13 Å². The van der Waals surface area contributed by atoms with Crippen LogP contribution in [0, 0.1) is 0 Å². The lowest BCUT2D eigenvalue weighted by molar-refractivity contribution is 0.102. The number of nitrogens with one attached hydrogen (secondary N) is 1. The molecule has 0 aliphatic rings. The van der Waals surface area contributed by atoms with Crippen molar-refractivity contribution in [2.75, 3.05) is 19.5 Å². The summed E-state index contributed by atoms with van der Waals surface area (Å²) in [4.78, 5) is 17.8. The molecule has 0 unspecified atom stereocenters. The summed E-state index contributed by atoms with van der Waals surface area (Å²) in [6.07, 6.45) is 2.41. The molecule has 26 heavy (non-hydrogen) atoms. The van der Waals surface area contributed by atoms with Crippen molar-refractivity contribution in [3.8, 4) is 11.5 Å². The Labute approximate surface area is 160 Å². The van der Waals surface area contributed by atoms with E-state index in [2.05, 4.69) is 10.3 Å². The van der Waals surface area contributed by atoms with E-state index in [0.717, 1.165) is 15.5 Å². The Kier molecular flexibility index (Phi) is 5.75. The Morgan fingerprint density at radius 3 is 2.73 bits per heavy atom. The number of benzene rings is 2. The second-order valence-corrected chi connectivity index (χ2v) is 6.94. The summed E-state index contributed by atoms with van der Waals surface area (Å²) in [5.41, 5.74) is 1.43. The van der Waals surface area contributed by atoms with E-state index < -0.39 is 0 Å². The van der Waals surface area contributed by atoms with Crippen molar-refractivity contribution in [2.45, 2.75) is 6.42 Å². The lowest BCUT2D eigenvalue weighted by Gasteiger charge is -2.09. The Hall–Kier alpha value is -2.57. The van der Waals surface area contributed by atoms with Gasteiger partial charge in [0.2, 0.25) is 0 Å². The third kappa shape index (κ3) is 4.15. The highest BCUT2D eigenvalue weighted by Gasteiger charge is 2.15. The maximum atomic E-state index is 12.5. The van der Waals surface area contributed by atoms with E-state index in [-0.39, 0.29) is 5.91 Å². The molecule has 3 rings (SSSR count). The van der Waals surface area contributed by atoms with Crippen LogP contribution in [0.2, 0.25) is 5.02 Å². The molecule has 0 aliphatic carbocycles. The first kappa shape index (κ1) is 18.2. The summed E-state index contributed by atoms with van der Waals surface area (Å²) in [6.45, 7) is 0. The van der Waals surface area contributed by atoms with Crippen molar-refractivity contribution in [3.63, 3.8) is 0 Å². The molecule has 0 aliphatic heterocycles. The monoisotopic (exact) mass is 388 g/mol. The van der Waals surface area contributed by atoms with Gasteiger partial charge in [-0.15, -0.1) is 11.3 Å². The summed E-state index contributed by atoms with van der Waals surface area (Å²) in [6, 6.07) is 12.7. The number of thiazole rings is 1. The first-order valence-corrected chi connectivity index (χ1v) is 9.01. The largest absolute Gasteiger partial charge is 0.497 e. The van der Waals surface area contributed by atoms with Crippen LogP contribution in [0.5, 0.6) is 11.5 Å². The maximum absolute atomic E-state index is 12.5. The summed E-state index contributed by atoms with van der Waals surface area (Å²) in [5, 5.41) is 4.05. The standard InChI is InChI=1S/C19H17ClN2O3S/c1-24-13-7-8-15(17(10-13)25-2)18(23)22-19-21-11-14(26-19)9-12-5-3-4-6-16(12)20/h3-8,10-11H,9H2,1-2H3,(H,21,22,23). The third-order valence-electron chi connectivity index (χ3n) is 3.75. The number of ether oxygens (including phenoxy) is 2. The average Bonchev–Trinajstić information content (AvgIpc) is 3.09. The number of halogens is 1. The van der Waals surface area contributed by atoms with E-state index >= 15 is 0 Å². The Morgan fingerprint density at radius 1 is 1.19 bits per heavy atom. The Balaban J connectivity index is 1.73. The second kappa shape index (κ2) is 8.21. The van der Waals surface area contributed by atoms with E-state index in [1.807, 2.05) is 24.3 Å². The van der Waals surface area contributed by atoms with Gasteiger partial charge in [-0.05, 0) is 23.8 Å². The minimum absolute atomic E-state index is 0.289. The van der Waals surface area contributed by atoms with Crippen LogP contribution in [0.1, 0.15) is 20.8 Å². The van der Waals surface area contributed by atoms with Crippen LogP contribution in [-0.4, -0.2) is 25.1 Å². The minimum atomic E-state index is -0.289. The van der Waals surface area contributed by atoms with Crippen LogP contribution in [-0.2, 0) is 6.42 Å². The predicted octanol–water partition coefficient (Wildman–Crippen LogP) is 4.66. The van der Waals surface area contributed by atoms with Crippen LogP contribution >= 0.6 is 22.9 Å². The van der Waals surface area contributed by atoms with Gasteiger partial charge >= 0.3 is 0 Å². The maximum Gasteiger partial charge on any atom is 0.261 e. The highest BCUT2D eigenvalue weighted by atomic mass is 35.5. The highest BCUT2D eigenvalue weighted by Crippen LogP contribution is 2.28. The van der Waals surface area contributed by atoms with E-state index in [9.17, 15) is 4.79 Å². The number of nitrogens with zero attached hydrogens (tertiary/aromatic N) is 1. The number of aromatic nitrogens is 1. The minimum Gasteiger partial charge on any atom is -0.497 e. The number of hydrogen-bond donors (Lipinski definition) is 1. The SMILES string of the molecule is COc1ccc(C(=O)Nc2ncc(Cc3ccccc3Cl)s2)c(OC)c1. The van der Waals surface area contributed by atoms with Crippen molar-refractivity contribution in [2.24, 2.45) is 0 Å². The molecule has 2 aromatic carbocycles. The fourth-order valence-electron chi connectivity index (χ4n) is 2.43. The summed E-state index contributed by atoms with van der Waals surface area (Å²) in [7, 11) is 3.07. The molecule has 0 fully saturated rings. The van der Waals surface area contributed by atoms with E-state index in [0.29, 0.717) is 28.6 Å². The van der Waals surface area contributed by atoms with Crippen molar-refractivity contribution >= 4 is 34.0 Å². The lowest BCUT2D eigenvalue weighted by atomic mass is 10.1. The van der Waals surface area contributed by atoms with Crippen LogP contribution < -0.4 is 14.8 Å². The number of methoxy groups -OCH3 is 2. The van der Waals surface area contributed by atoms with Crippen LogP contribution in [0.25, 0.3) is 0 Å². The summed E-state index contributed by atoms with van der Waals surface area (Å²) in [5.74, 6) is 0.771. The van der Waals surface area contributed by atoms with Gasteiger partial charge in [-0.3, -0.25) is 10.1 Å². The molecular formula is C19H17ClN2O3S. The molecule has 5 nitrogen and oxygen atoms in total. The van der Waals surface area contributed by atoms with Crippen molar-refractivity contribution < 1.29 is 14.3 Å². The molecule has 0 saturated carbocycles. The van der Waals surface area contributed by atoms with Crippen molar-refractivity contribution in [1.29, 1.82) is 0 Å². The topological polar surface area (TPSA) is 60.5 Å². The molecule has 7 heteroatoms. The van der Waals surface area contributed by atoms with Crippen LogP contribution in [0.3, 0.4) is 0 Å². The number of amides is 1. The lowest BCUT2D eigenvalue weighted by Crippen LogP contribution is -2.13. The average molecular weight is 389 g/mol. The van der Waals surface area contributed by atoms with E-state index in [1.54, 1.807) is 31.5 Å². The molecule has 3 aromatic rings. The normalized spacial score (nSPS) is 10.4. The van der Waals surface area contributed by atoms with Gasteiger partial charge in [-0.25, -0.2) is 4.98 Å². The fraction of sp³-hybridized carbons (Fsp3) is 0.158. The summed E-state index contributed by atoms with van der Waals surface area (Å²) < 4.78 is 10.4. The molecule has 0 atom stereocenters. The molecule has 0 radical (unpaired) electrons. The van der Waals surface area contributed by atoms with Crippen LogP contribution in [0.15, 0.2) is 48.7 Å². The van der Waals surface area contributed by atoms with E-state index in [4.69, 9.17) is 21.1 Å². The van der Waals surface area contributed by atoms with Crippen molar-refractivity contribution in [3.05, 3.63) is 69.7 Å². The molecule has 1 N–H and O–H groups in total. The molecule has 0 saturated heterocycles. The zero-order valence-electron chi connectivity index (χ0n) is 14.3. The molecule has 1 aromatic heterocycles. The Morgan fingerprint density at radius 2 is 2.00 bits per heavy atom. The zero-order valence-corrected chi connectivity index (χ0v) is 15.9. The van der Waals surface area contributed by atoms with Gasteiger partial charge in [-0.1, -0.05) is 29.8 Å². The van der Waals surface area contributed by atoms with Gasteiger partial charge in [0, 0.05) is 28.6 Å². The molecule has 0 spiro atoms. The fourth-order valence-corrected chi connectivity index (χ4v) is 3.46. The first-order chi connectivity index (χ1) is 12.6. The second-order valence-electron chi connectivity index (χ2n) is 5.42. The third-order valence-corrected chi connectivity index (χ3v) is 5.03. The van der Waals surface area contributed by atoms with Gasteiger partial charge in [-0.2, -0.15) is 0 Å². The number of anilines is 1. The molecule has 1 amide bonds. The van der Waals surface area contributed by atoms with Crippen LogP contribution in [0.4, 0.5) is 5.13 Å². The first-order valence-electron chi connectivity index (χ1n) is 7.82. The smallest absolute Gasteiger partial charge is 0.261 e.